The standard InChI is InChI=1S/C34H45N3O7/c1-2-3-10-19-36-20-13-18-34-29(31(40)37(30(34)32(36)41)21-11-5-12-22-38)28-25(44-34)16-8-9-17-27(39)35-23-26(43-33(28)42)24-14-6-4-7-15-24/h4,6-8,13-16,18,25-26,28-30,38H,2-3,5,9-12,17,19-23H2,1H3,(H,35,39)/b16-8-/t25-,26+,28+,29+,30-,34+/m1/s1. The lowest BCUT2D eigenvalue weighted by Crippen LogP contribution is -2.55. The SMILES string of the molecule is CCCCCN1CC=C[C@]23O[C@@H]4/C=C\CCC(=O)NC[C@@H](c5ccccc5)OC(=O)[C@@H]4[C@H]2C(=O)N(CCCCCO)[C@@H]3C1=O. The zero-order chi connectivity index (χ0) is 31.1. The van der Waals surface area contributed by atoms with Crippen molar-refractivity contribution in [3.63, 3.8) is 0 Å². The topological polar surface area (TPSA) is 125 Å². The number of ether oxygens (including phenoxy) is 2. The maximum Gasteiger partial charge on any atom is 0.313 e. The van der Waals surface area contributed by atoms with E-state index in [1.165, 1.54) is 0 Å². The summed E-state index contributed by atoms with van der Waals surface area (Å²) in [4.78, 5) is 58.8. The summed E-state index contributed by atoms with van der Waals surface area (Å²) >= 11 is 0. The van der Waals surface area contributed by atoms with Gasteiger partial charge in [-0.05, 0) is 37.7 Å². The largest absolute Gasteiger partial charge is 0.455 e. The molecule has 0 bridgehead atoms. The van der Waals surface area contributed by atoms with E-state index < -0.39 is 41.7 Å². The van der Waals surface area contributed by atoms with Gasteiger partial charge in [-0.3, -0.25) is 19.2 Å². The van der Waals surface area contributed by atoms with E-state index in [-0.39, 0.29) is 37.3 Å². The maximum absolute atomic E-state index is 14.4. The molecular formula is C34H45N3O7. The number of unbranched alkanes of at least 4 members (excludes halogenated alkanes) is 4. The number of hydrogen-bond acceptors (Lipinski definition) is 7. The molecule has 1 aromatic carbocycles. The molecule has 0 saturated carbocycles. The van der Waals surface area contributed by atoms with Gasteiger partial charge < -0.3 is 29.7 Å². The highest BCUT2D eigenvalue weighted by atomic mass is 16.6. The molecule has 4 aliphatic heterocycles. The highest BCUT2D eigenvalue weighted by Gasteiger charge is 2.71. The summed E-state index contributed by atoms with van der Waals surface area (Å²) in [6.45, 7) is 3.59. The van der Waals surface area contributed by atoms with Crippen molar-refractivity contribution in [2.75, 3.05) is 32.8 Å². The third kappa shape index (κ3) is 6.47. The highest BCUT2D eigenvalue weighted by molar-refractivity contribution is 5.99. The van der Waals surface area contributed by atoms with E-state index in [0.717, 1.165) is 24.8 Å². The lowest BCUT2D eigenvalue weighted by atomic mass is 9.78. The molecule has 0 aliphatic carbocycles. The molecule has 238 valence electrons. The van der Waals surface area contributed by atoms with Gasteiger partial charge in [-0.1, -0.05) is 74.4 Å². The number of nitrogens with zero attached hydrogens (tertiary/aromatic N) is 2. The third-order valence-corrected chi connectivity index (χ3v) is 9.22. The number of aliphatic hydroxyl groups is 1. The number of likely N-dealkylation sites (tertiary alicyclic amines) is 1. The van der Waals surface area contributed by atoms with Crippen molar-refractivity contribution in [3.8, 4) is 0 Å². The van der Waals surface area contributed by atoms with Gasteiger partial charge in [0.25, 0.3) is 0 Å². The van der Waals surface area contributed by atoms with E-state index >= 15 is 0 Å². The molecule has 4 aliphatic rings. The normalized spacial score (nSPS) is 31.3. The van der Waals surface area contributed by atoms with E-state index in [0.29, 0.717) is 45.3 Å². The van der Waals surface area contributed by atoms with E-state index in [1.54, 1.807) is 15.9 Å². The minimum Gasteiger partial charge on any atom is -0.455 e. The van der Waals surface area contributed by atoms with Crippen LogP contribution < -0.4 is 5.32 Å². The quantitative estimate of drug-likeness (QED) is 0.238. The van der Waals surface area contributed by atoms with Crippen LogP contribution in [0.5, 0.6) is 0 Å². The van der Waals surface area contributed by atoms with Crippen LogP contribution in [0.4, 0.5) is 0 Å². The fourth-order valence-electron chi connectivity index (χ4n) is 7.02. The van der Waals surface area contributed by atoms with Gasteiger partial charge in [0, 0.05) is 32.7 Å². The Morgan fingerprint density at radius 2 is 1.77 bits per heavy atom. The zero-order valence-corrected chi connectivity index (χ0v) is 25.6. The van der Waals surface area contributed by atoms with Crippen LogP contribution in [0.25, 0.3) is 0 Å². The molecule has 44 heavy (non-hydrogen) atoms. The molecule has 1 aromatic rings. The summed E-state index contributed by atoms with van der Waals surface area (Å²) in [7, 11) is 0. The van der Waals surface area contributed by atoms with E-state index in [4.69, 9.17) is 9.47 Å². The van der Waals surface area contributed by atoms with Crippen molar-refractivity contribution in [2.24, 2.45) is 11.8 Å². The minimum absolute atomic E-state index is 0.0604. The zero-order valence-electron chi connectivity index (χ0n) is 25.6. The Morgan fingerprint density at radius 1 is 0.977 bits per heavy atom. The fourth-order valence-corrected chi connectivity index (χ4v) is 7.02. The molecular weight excluding hydrogens is 562 g/mol. The first-order valence-corrected chi connectivity index (χ1v) is 16.2. The van der Waals surface area contributed by atoms with Gasteiger partial charge in [0.05, 0.1) is 18.6 Å². The number of aliphatic hydroxyl groups excluding tert-OH is 1. The number of nitrogens with one attached hydrogen (secondary N) is 1. The molecule has 0 aromatic heterocycles. The second kappa shape index (κ2) is 14.5. The Labute approximate surface area is 259 Å². The lowest BCUT2D eigenvalue weighted by molar-refractivity contribution is -0.160. The molecule has 10 nitrogen and oxygen atoms in total. The van der Waals surface area contributed by atoms with Crippen molar-refractivity contribution in [2.45, 2.75) is 82.1 Å². The average Bonchev–Trinajstić information content (AvgIpc) is 3.41. The molecule has 2 fully saturated rings. The van der Waals surface area contributed by atoms with Gasteiger partial charge in [-0.2, -0.15) is 0 Å². The van der Waals surface area contributed by atoms with Crippen molar-refractivity contribution in [3.05, 3.63) is 60.2 Å². The first-order valence-electron chi connectivity index (χ1n) is 16.2. The minimum atomic E-state index is -1.33. The third-order valence-electron chi connectivity index (χ3n) is 9.22. The Morgan fingerprint density at radius 3 is 2.55 bits per heavy atom. The summed E-state index contributed by atoms with van der Waals surface area (Å²) in [5, 5.41) is 12.2. The van der Waals surface area contributed by atoms with Gasteiger partial charge in [-0.15, -0.1) is 0 Å². The van der Waals surface area contributed by atoms with Crippen LogP contribution in [0.3, 0.4) is 0 Å². The molecule has 2 saturated heterocycles. The molecule has 5 rings (SSSR count). The molecule has 3 amide bonds. The molecule has 1 spiro atoms. The number of carbonyl (C=O) groups excluding carboxylic acids is 4. The Hall–Kier alpha value is -3.50. The van der Waals surface area contributed by atoms with Crippen LogP contribution in [-0.2, 0) is 28.7 Å². The van der Waals surface area contributed by atoms with Crippen LogP contribution in [-0.4, -0.2) is 89.1 Å². The molecule has 0 unspecified atom stereocenters. The number of benzene rings is 1. The summed E-state index contributed by atoms with van der Waals surface area (Å²) in [5.74, 6) is -3.13. The van der Waals surface area contributed by atoms with Crippen LogP contribution in [0.15, 0.2) is 54.6 Å². The van der Waals surface area contributed by atoms with E-state index in [1.807, 2.05) is 48.6 Å². The maximum atomic E-state index is 14.4. The number of cyclic esters (lactones) is 1. The number of hydrogen-bond donors (Lipinski definition) is 2. The van der Waals surface area contributed by atoms with Crippen LogP contribution >= 0.6 is 0 Å². The Kier molecular flexibility index (Phi) is 10.5. The van der Waals surface area contributed by atoms with Crippen molar-refractivity contribution < 1.29 is 33.8 Å². The Balaban J connectivity index is 1.52. The highest BCUT2D eigenvalue weighted by Crippen LogP contribution is 2.53. The van der Waals surface area contributed by atoms with Gasteiger partial charge in [-0.25, -0.2) is 0 Å². The number of amides is 3. The van der Waals surface area contributed by atoms with Crippen molar-refractivity contribution >= 4 is 23.7 Å². The first-order chi connectivity index (χ1) is 21.4. The van der Waals surface area contributed by atoms with Gasteiger partial charge in [0.1, 0.15) is 23.7 Å². The summed E-state index contributed by atoms with van der Waals surface area (Å²) < 4.78 is 12.9. The number of esters is 1. The Bertz CT molecular complexity index is 1250. The second-order valence-electron chi connectivity index (χ2n) is 12.2. The van der Waals surface area contributed by atoms with Crippen LogP contribution in [0.2, 0.25) is 0 Å². The average molecular weight is 608 g/mol. The van der Waals surface area contributed by atoms with Crippen molar-refractivity contribution in [1.29, 1.82) is 0 Å². The van der Waals surface area contributed by atoms with Gasteiger partial charge in [0.15, 0.2) is 0 Å². The molecule has 0 radical (unpaired) electrons. The fraction of sp³-hybridized carbons (Fsp3) is 0.588. The summed E-state index contributed by atoms with van der Waals surface area (Å²) in [6.07, 6.45) is 11.2. The number of rotatable bonds is 10. The molecule has 10 heteroatoms. The second-order valence-corrected chi connectivity index (χ2v) is 12.2. The van der Waals surface area contributed by atoms with Crippen LogP contribution in [0, 0.1) is 11.8 Å². The van der Waals surface area contributed by atoms with Crippen molar-refractivity contribution in [1.82, 2.24) is 15.1 Å². The van der Waals surface area contributed by atoms with Crippen LogP contribution in [0.1, 0.15) is 70.0 Å². The number of allylic oxidation sites excluding steroid dienone is 1. The van der Waals surface area contributed by atoms with Gasteiger partial charge >= 0.3 is 5.97 Å². The number of carbonyl (C=O) groups is 4. The summed E-state index contributed by atoms with van der Waals surface area (Å²) in [5.41, 5.74) is -0.604. The predicted octanol–water partition coefficient (Wildman–Crippen LogP) is 3.07. The monoisotopic (exact) mass is 607 g/mol. The molecule has 4 heterocycles. The first kappa shape index (κ1) is 31.9. The molecule has 2 N–H and O–H groups in total. The number of fused-ring (bicyclic) bond motifs is 2. The van der Waals surface area contributed by atoms with Gasteiger partial charge in [0.2, 0.25) is 17.7 Å². The summed E-state index contributed by atoms with van der Waals surface area (Å²) in [6, 6.07) is 8.31. The lowest BCUT2D eigenvalue weighted by Gasteiger charge is -2.35. The predicted molar refractivity (Wildman–Crippen MR) is 163 cm³/mol. The van der Waals surface area contributed by atoms with E-state index in [2.05, 4.69) is 12.2 Å². The smallest absolute Gasteiger partial charge is 0.313 e. The molecule has 6 atom stereocenters. The van der Waals surface area contributed by atoms with E-state index in [9.17, 15) is 24.3 Å².